The van der Waals surface area contributed by atoms with Crippen LogP contribution < -0.4 is 5.32 Å². The highest BCUT2D eigenvalue weighted by atomic mass is 19.4. The summed E-state index contributed by atoms with van der Waals surface area (Å²) in [6, 6.07) is 1.60. The molecule has 1 N–H and O–H groups in total. The first-order chi connectivity index (χ1) is 5.98. The average Bonchev–Trinajstić information content (AvgIpc) is 2.02. The second kappa shape index (κ2) is 4.98. The minimum atomic E-state index is -4.85. The second-order valence-electron chi connectivity index (χ2n) is 1.82. The van der Waals surface area contributed by atoms with Crippen LogP contribution in [0.2, 0.25) is 0 Å². The quantitative estimate of drug-likeness (QED) is 0.538. The SMILES string of the molecule is N#C/C=C/N/C=C/C(=O)C(F)(F)F. The molecule has 0 amide bonds. The van der Waals surface area contributed by atoms with Gasteiger partial charge in [-0.25, -0.2) is 0 Å². The summed E-state index contributed by atoms with van der Waals surface area (Å²) in [5, 5.41) is 10.1. The lowest BCUT2D eigenvalue weighted by Crippen LogP contribution is -2.20. The van der Waals surface area contributed by atoms with Crippen LogP contribution >= 0.6 is 0 Å². The summed E-state index contributed by atoms with van der Waals surface area (Å²) in [6.45, 7) is 0. The molecular formula is C7H5F3N2O. The Balaban J connectivity index is 3.95. The first-order valence-electron chi connectivity index (χ1n) is 3.07. The molecule has 70 valence electrons. The van der Waals surface area contributed by atoms with Gasteiger partial charge in [0.15, 0.2) is 0 Å². The molecule has 3 nitrogen and oxygen atoms in total. The maximum absolute atomic E-state index is 11.5. The largest absolute Gasteiger partial charge is 0.454 e. The van der Waals surface area contributed by atoms with Crippen molar-refractivity contribution in [1.82, 2.24) is 5.32 Å². The number of halogens is 3. The van der Waals surface area contributed by atoms with Crippen LogP contribution in [0.5, 0.6) is 0 Å². The number of nitrogens with zero attached hydrogens (tertiary/aromatic N) is 1. The van der Waals surface area contributed by atoms with E-state index in [-0.39, 0.29) is 0 Å². The molecule has 6 heteroatoms. The van der Waals surface area contributed by atoms with Crippen molar-refractivity contribution in [2.24, 2.45) is 0 Å². The Morgan fingerprint density at radius 3 is 2.46 bits per heavy atom. The van der Waals surface area contributed by atoms with E-state index in [0.717, 1.165) is 18.5 Å². The summed E-state index contributed by atoms with van der Waals surface area (Å²) >= 11 is 0. The lowest BCUT2D eigenvalue weighted by atomic mass is 10.4. The molecule has 0 heterocycles. The van der Waals surface area contributed by atoms with Crippen molar-refractivity contribution in [2.45, 2.75) is 6.18 Å². The fraction of sp³-hybridized carbons (Fsp3) is 0.143. The fourth-order valence-electron chi connectivity index (χ4n) is 0.359. The molecule has 0 aromatic rings. The van der Waals surface area contributed by atoms with Crippen molar-refractivity contribution in [3.63, 3.8) is 0 Å². The van der Waals surface area contributed by atoms with Gasteiger partial charge in [0, 0.05) is 24.6 Å². The maximum atomic E-state index is 11.5. The lowest BCUT2D eigenvalue weighted by Gasteiger charge is -1.98. The van der Waals surface area contributed by atoms with Crippen LogP contribution in [0.25, 0.3) is 0 Å². The van der Waals surface area contributed by atoms with E-state index in [4.69, 9.17) is 5.26 Å². The lowest BCUT2D eigenvalue weighted by molar-refractivity contribution is -0.165. The van der Waals surface area contributed by atoms with E-state index < -0.39 is 12.0 Å². The number of carbonyl (C=O) groups is 1. The van der Waals surface area contributed by atoms with E-state index in [1.807, 2.05) is 0 Å². The van der Waals surface area contributed by atoms with E-state index in [1.54, 1.807) is 6.07 Å². The van der Waals surface area contributed by atoms with Crippen molar-refractivity contribution < 1.29 is 18.0 Å². The average molecular weight is 190 g/mol. The van der Waals surface area contributed by atoms with Gasteiger partial charge in [-0.3, -0.25) is 4.79 Å². The molecule has 0 aromatic carbocycles. The molecule has 0 fully saturated rings. The van der Waals surface area contributed by atoms with Crippen LogP contribution in [0.3, 0.4) is 0 Å². The second-order valence-corrected chi connectivity index (χ2v) is 1.82. The number of alkyl halides is 3. The maximum Gasteiger partial charge on any atom is 0.454 e. The predicted octanol–water partition coefficient (Wildman–Crippen LogP) is 1.26. The Morgan fingerprint density at radius 1 is 1.38 bits per heavy atom. The van der Waals surface area contributed by atoms with Crippen LogP contribution in [0, 0.1) is 11.3 Å². The molecule has 0 bridgehead atoms. The molecule has 0 unspecified atom stereocenters. The summed E-state index contributed by atoms with van der Waals surface area (Å²) in [4.78, 5) is 10.2. The van der Waals surface area contributed by atoms with Gasteiger partial charge in [-0.1, -0.05) is 0 Å². The van der Waals surface area contributed by atoms with Crippen LogP contribution in [-0.2, 0) is 4.79 Å². The van der Waals surface area contributed by atoms with Gasteiger partial charge in [-0.05, 0) is 0 Å². The van der Waals surface area contributed by atoms with E-state index in [0.29, 0.717) is 6.08 Å². The van der Waals surface area contributed by atoms with Gasteiger partial charge < -0.3 is 5.32 Å². The summed E-state index contributed by atoms with van der Waals surface area (Å²) in [5.41, 5.74) is 0. The van der Waals surface area contributed by atoms with E-state index in [9.17, 15) is 18.0 Å². The molecule has 0 atom stereocenters. The summed E-state index contributed by atoms with van der Waals surface area (Å²) in [7, 11) is 0. The van der Waals surface area contributed by atoms with Gasteiger partial charge in [-0.15, -0.1) is 0 Å². The van der Waals surface area contributed by atoms with E-state index >= 15 is 0 Å². The summed E-state index contributed by atoms with van der Waals surface area (Å²) < 4.78 is 34.6. The number of hydrogen-bond donors (Lipinski definition) is 1. The molecular weight excluding hydrogens is 185 g/mol. The Kier molecular flexibility index (Phi) is 4.30. The number of rotatable bonds is 3. The zero-order valence-electron chi connectivity index (χ0n) is 6.30. The third-order valence-electron chi connectivity index (χ3n) is 0.864. The highest BCUT2D eigenvalue weighted by Gasteiger charge is 2.35. The zero-order valence-corrected chi connectivity index (χ0v) is 6.30. The van der Waals surface area contributed by atoms with Crippen LogP contribution in [-0.4, -0.2) is 12.0 Å². The summed E-state index contributed by atoms with van der Waals surface area (Å²) in [5.74, 6) is -1.95. The molecule has 0 spiro atoms. The molecule has 0 rings (SSSR count). The molecule has 0 aliphatic heterocycles. The number of nitriles is 1. The predicted molar refractivity (Wildman–Crippen MR) is 38.1 cm³/mol. The van der Waals surface area contributed by atoms with Gasteiger partial charge in [-0.2, -0.15) is 18.4 Å². The number of hydrogen-bond acceptors (Lipinski definition) is 3. The first kappa shape index (κ1) is 11.2. The highest BCUT2D eigenvalue weighted by molar-refractivity contribution is 5.94. The normalized spacial score (nSPS) is 11.8. The molecule has 0 aliphatic carbocycles. The Hall–Kier alpha value is -1.77. The van der Waals surface area contributed by atoms with Crippen LogP contribution in [0.4, 0.5) is 13.2 Å². The Labute approximate surface area is 72.2 Å². The van der Waals surface area contributed by atoms with Crippen molar-refractivity contribution in [3.8, 4) is 6.07 Å². The van der Waals surface area contributed by atoms with Crippen molar-refractivity contribution in [1.29, 1.82) is 5.26 Å². The van der Waals surface area contributed by atoms with Crippen molar-refractivity contribution >= 4 is 5.78 Å². The molecule has 0 aromatic heterocycles. The highest BCUT2D eigenvalue weighted by Crippen LogP contribution is 2.15. The standard InChI is InChI=1S/C7H5F3N2O/c8-7(9,10)6(13)2-5-12-4-1-3-11/h1-2,4-5,12H/b4-1+,5-2+. The van der Waals surface area contributed by atoms with E-state index in [1.165, 1.54) is 0 Å². The first-order valence-corrected chi connectivity index (χ1v) is 3.07. The molecule has 0 saturated carbocycles. The number of ketones is 1. The minimum absolute atomic E-state index is 0.335. The Bertz CT molecular complexity index is 272. The molecule has 13 heavy (non-hydrogen) atoms. The third-order valence-corrected chi connectivity index (χ3v) is 0.864. The van der Waals surface area contributed by atoms with Crippen LogP contribution in [0.1, 0.15) is 0 Å². The van der Waals surface area contributed by atoms with E-state index in [2.05, 4.69) is 5.32 Å². The third kappa shape index (κ3) is 5.49. The Morgan fingerprint density at radius 2 is 2.00 bits per heavy atom. The zero-order chi connectivity index (χ0) is 10.3. The molecule has 0 radical (unpaired) electrons. The van der Waals surface area contributed by atoms with Gasteiger partial charge in [0.05, 0.1) is 6.07 Å². The smallest absolute Gasteiger partial charge is 0.367 e. The van der Waals surface area contributed by atoms with Gasteiger partial charge in [0.1, 0.15) is 0 Å². The van der Waals surface area contributed by atoms with Crippen molar-refractivity contribution in [3.05, 3.63) is 24.6 Å². The molecule has 0 aliphatic rings. The van der Waals surface area contributed by atoms with Crippen LogP contribution in [0.15, 0.2) is 24.6 Å². The minimum Gasteiger partial charge on any atom is -0.367 e. The van der Waals surface area contributed by atoms with Gasteiger partial charge in [0.25, 0.3) is 5.78 Å². The van der Waals surface area contributed by atoms with Gasteiger partial charge in [0.2, 0.25) is 0 Å². The number of nitrogens with one attached hydrogen (secondary N) is 1. The summed E-state index contributed by atoms with van der Waals surface area (Å²) in [6.07, 6.45) is -1.61. The fourth-order valence-corrected chi connectivity index (χ4v) is 0.359. The topological polar surface area (TPSA) is 52.9 Å². The molecule has 0 saturated heterocycles. The number of allylic oxidation sites excluding steroid dienone is 2. The number of carbonyl (C=O) groups excluding carboxylic acids is 1. The van der Waals surface area contributed by atoms with Gasteiger partial charge >= 0.3 is 6.18 Å². The van der Waals surface area contributed by atoms with Crippen molar-refractivity contribution in [2.75, 3.05) is 0 Å². The monoisotopic (exact) mass is 190 g/mol.